The fraction of sp³-hybridized carbons (Fsp3) is 0.118. The van der Waals surface area contributed by atoms with Crippen LogP contribution in [0.1, 0.15) is 12.6 Å². The van der Waals surface area contributed by atoms with Crippen molar-refractivity contribution in [1.29, 1.82) is 0 Å². The first-order valence-electron chi connectivity index (χ1n) is 7.07. The van der Waals surface area contributed by atoms with Gasteiger partial charge in [-0.05, 0) is 31.2 Å². The van der Waals surface area contributed by atoms with E-state index >= 15 is 0 Å². The average Bonchev–Trinajstić information content (AvgIpc) is 3.02. The number of carbonyl (C=O) groups excluding carboxylic acids is 3. The molecule has 0 aromatic carbocycles. The zero-order valence-corrected chi connectivity index (χ0v) is 13.4. The maximum absolute atomic E-state index is 12.1. The third-order valence-corrected chi connectivity index (χ3v) is 4.12. The molecule has 0 fully saturated rings. The summed E-state index contributed by atoms with van der Waals surface area (Å²) < 4.78 is 4.83. The Labute approximate surface area is 141 Å². The van der Waals surface area contributed by atoms with Crippen molar-refractivity contribution < 1.29 is 19.1 Å². The standard InChI is InChI=1S/C17H12N2O4S/c1-10-8-14(21)15(17(22)23-10)13(20)6-5-11-9-24-16(19-11)12-4-2-3-7-18-12/h2-9,15H,1H3/b6-5-/t15-/m1/s1. The third kappa shape index (κ3) is 3.36. The number of carbonyl (C=O) groups is 3. The highest BCUT2D eigenvalue weighted by Crippen LogP contribution is 2.22. The zero-order valence-electron chi connectivity index (χ0n) is 12.6. The second kappa shape index (κ2) is 6.67. The van der Waals surface area contributed by atoms with Crippen molar-refractivity contribution in [1.82, 2.24) is 9.97 Å². The van der Waals surface area contributed by atoms with Crippen LogP contribution in [0.5, 0.6) is 0 Å². The van der Waals surface area contributed by atoms with Crippen molar-refractivity contribution in [2.24, 2.45) is 5.92 Å². The van der Waals surface area contributed by atoms with Crippen LogP contribution in [-0.2, 0) is 19.1 Å². The van der Waals surface area contributed by atoms with Gasteiger partial charge in [0.15, 0.2) is 17.5 Å². The predicted octanol–water partition coefficient (Wildman–Crippen LogP) is 2.43. The summed E-state index contributed by atoms with van der Waals surface area (Å²) in [5, 5.41) is 2.48. The van der Waals surface area contributed by atoms with Crippen molar-refractivity contribution >= 4 is 34.9 Å². The lowest BCUT2D eigenvalue weighted by atomic mass is 9.96. The average molecular weight is 340 g/mol. The van der Waals surface area contributed by atoms with Crippen LogP contribution in [0.25, 0.3) is 16.8 Å². The normalized spacial score (nSPS) is 17.7. The number of thiazole rings is 1. The Morgan fingerprint density at radius 1 is 1.33 bits per heavy atom. The van der Waals surface area contributed by atoms with Gasteiger partial charge in [0.05, 0.1) is 11.4 Å². The summed E-state index contributed by atoms with van der Waals surface area (Å²) in [7, 11) is 0. The van der Waals surface area contributed by atoms with Gasteiger partial charge in [0, 0.05) is 17.7 Å². The highest BCUT2D eigenvalue weighted by Gasteiger charge is 2.36. The summed E-state index contributed by atoms with van der Waals surface area (Å²) in [6.45, 7) is 1.49. The minimum Gasteiger partial charge on any atom is -0.430 e. The number of cyclic esters (lactones) is 1. The number of hydrogen-bond donors (Lipinski definition) is 0. The summed E-state index contributed by atoms with van der Waals surface area (Å²) in [5.41, 5.74) is 1.29. The molecule has 7 heteroatoms. The maximum Gasteiger partial charge on any atom is 0.329 e. The van der Waals surface area contributed by atoms with E-state index in [-0.39, 0.29) is 5.76 Å². The Kier molecular flexibility index (Phi) is 4.43. The van der Waals surface area contributed by atoms with Gasteiger partial charge < -0.3 is 4.74 Å². The molecule has 2 aromatic heterocycles. The molecular formula is C17H12N2O4S. The number of ether oxygens (including phenoxy) is 1. The molecule has 3 heterocycles. The molecule has 0 unspecified atom stereocenters. The number of nitrogens with zero attached hydrogens (tertiary/aromatic N) is 2. The van der Waals surface area contributed by atoms with E-state index in [1.165, 1.54) is 30.4 Å². The Balaban J connectivity index is 1.75. The molecule has 0 saturated heterocycles. The molecule has 0 N–H and O–H groups in total. The molecule has 1 aliphatic rings. The van der Waals surface area contributed by atoms with Crippen molar-refractivity contribution in [3.05, 3.63) is 53.4 Å². The summed E-state index contributed by atoms with van der Waals surface area (Å²) in [6.07, 6.45) is 5.47. The van der Waals surface area contributed by atoms with Gasteiger partial charge >= 0.3 is 5.97 Å². The number of rotatable bonds is 4. The molecule has 0 bridgehead atoms. The molecule has 1 aliphatic heterocycles. The highest BCUT2D eigenvalue weighted by molar-refractivity contribution is 7.13. The van der Waals surface area contributed by atoms with Crippen LogP contribution in [0.3, 0.4) is 0 Å². The predicted molar refractivity (Wildman–Crippen MR) is 87.7 cm³/mol. The monoisotopic (exact) mass is 340 g/mol. The molecule has 0 saturated carbocycles. The van der Waals surface area contributed by atoms with E-state index < -0.39 is 23.5 Å². The van der Waals surface area contributed by atoms with Crippen molar-refractivity contribution in [2.45, 2.75) is 6.92 Å². The lowest BCUT2D eigenvalue weighted by Gasteiger charge is -2.15. The van der Waals surface area contributed by atoms with Crippen molar-refractivity contribution in [3.8, 4) is 10.7 Å². The van der Waals surface area contributed by atoms with Crippen LogP contribution in [0.4, 0.5) is 0 Å². The summed E-state index contributed by atoms with van der Waals surface area (Å²) in [5.74, 6) is -3.27. The number of aromatic nitrogens is 2. The Morgan fingerprint density at radius 3 is 2.88 bits per heavy atom. The van der Waals surface area contributed by atoms with E-state index in [0.29, 0.717) is 5.69 Å². The van der Waals surface area contributed by atoms with Crippen LogP contribution in [-0.4, -0.2) is 27.5 Å². The van der Waals surface area contributed by atoms with E-state index in [2.05, 4.69) is 9.97 Å². The van der Waals surface area contributed by atoms with Gasteiger partial charge in [0.25, 0.3) is 0 Å². The van der Waals surface area contributed by atoms with Crippen molar-refractivity contribution in [3.63, 3.8) is 0 Å². The smallest absolute Gasteiger partial charge is 0.329 e. The second-order valence-corrected chi connectivity index (χ2v) is 5.90. The molecule has 0 radical (unpaired) electrons. The van der Waals surface area contributed by atoms with Gasteiger partial charge in [0.1, 0.15) is 10.8 Å². The van der Waals surface area contributed by atoms with Gasteiger partial charge in [-0.25, -0.2) is 4.98 Å². The first-order valence-corrected chi connectivity index (χ1v) is 7.95. The first kappa shape index (κ1) is 15.9. The summed E-state index contributed by atoms with van der Waals surface area (Å²) >= 11 is 1.39. The van der Waals surface area contributed by atoms with Gasteiger partial charge in [-0.2, -0.15) is 0 Å². The van der Waals surface area contributed by atoms with Gasteiger partial charge in [-0.1, -0.05) is 6.07 Å². The topological polar surface area (TPSA) is 86.2 Å². The lowest BCUT2D eigenvalue weighted by molar-refractivity contribution is -0.151. The number of ketones is 2. The molecule has 6 nitrogen and oxygen atoms in total. The summed E-state index contributed by atoms with van der Waals surface area (Å²) in [4.78, 5) is 44.2. The van der Waals surface area contributed by atoms with Gasteiger partial charge in [-0.15, -0.1) is 11.3 Å². The van der Waals surface area contributed by atoms with Gasteiger partial charge in [0.2, 0.25) is 0 Å². The molecule has 120 valence electrons. The Bertz CT molecular complexity index is 868. The van der Waals surface area contributed by atoms with Crippen LogP contribution in [0.2, 0.25) is 0 Å². The zero-order chi connectivity index (χ0) is 17.1. The largest absolute Gasteiger partial charge is 0.430 e. The number of hydrogen-bond acceptors (Lipinski definition) is 7. The summed E-state index contributed by atoms with van der Waals surface area (Å²) in [6, 6.07) is 5.51. The molecule has 0 amide bonds. The number of allylic oxidation sites excluding steroid dienone is 3. The number of esters is 1. The highest BCUT2D eigenvalue weighted by atomic mass is 32.1. The Hall–Kier alpha value is -2.93. The van der Waals surface area contributed by atoms with Crippen LogP contribution in [0, 0.1) is 5.92 Å². The molecule has 0 spiro atoms. The quantitative estimate of drug-likeness (QED) is 0.483. The van der Waals surface area contributed by atoms with Crippen LogP contribution in [0.15, 0.2) is 47.7 Å². The number of pyridine rings is 1. The lowest BCUT2D eigenvalue weighted by Crippen LogP contribution is -2.34. The molecule has 24 heavy (non-hydrogen) atoms. The van der Waals surface area contributed by atoms with E-state index in [4.69, 9.17) is 4.74 Å². The van der Waals surface area contributed by atoms with Gasteiger partial charge in [-0.3, -0.25) is 19.4 Å². The van der Waals surface area contributed by atoms with Crippen LogP contribution < -0.4 is 0 Å². The second-order valence-electron chi connectivity index (χ2n) is 5.04. The molecule has 1 atom stereocenters. The Morgan fingerprint density at radius 2 is 2.17 bits per heavy atom. The van der Waals surface area contributed by atoms with Crippen LogP contribution >= 0.6 is 11.3 Å². The fourth-order valence-electron chi connectivity index (χ4n) is 2.14. The maximum atomic E-state index is 12.1. The fourth-order valence-corrected chi connectivity index (χ4v) is 2.90. The van der Waals surface area contributed by atoms with E-state index in [0.717, 1.165) is 16.8 Å². The van der Waals surface area contributed by atoms with E-state index in [1.54, 1.807) is 11.6 Å². The van der Waals surface area contributed by atoms with E-state index in [1.807, 2.05) is 18.2 Å². The molecule has 0 aliphatic carbocycles. The van der Waals surface area contributed by atoms with Crippen molar-refractivity contribution in [2.75, 3.05) is 0 Å². The third-order valence-electron chi connectivity index (χ3n) is 3.24. The molecular weight excluding hydrogens is 328 g/mol. The SMILES string of the molecule is CC1=CC(=O)[C@@H](C(=O)/C=C\c2csc(-c3ccccn3)n2)C(=O)O1. The minimum absolute atomic E-state index is 0.192. The van der Waals surface area contributed by atoms with E-state index in [9.17, 15) is 14.4 Å². The minimum atomic E-state index is -1.43. The molecule has 2 aromatic rings. The molecule has 3 rings (SSSR count). The first-order chi connectivity index (χ1) is 11.5.